The van der Waals surface area contributed by atoms with Gasteiger partial charge in [0, 0.05) is 0 Å². The van der Waals surface area contributed by atoms with E-state index in [4.69, 9.17) is 9.47 Å². The first-order valence-corrected chi connectivity index (χ1v) is 7.45. The minimum absolute atomic E-state index is 0.104. The minimum Gasteiger partial charge on any atom is -0.497 e. The van der Waals surface area contributed by atoms with E-state index in [0.717, 1.165) is 11.3 Å². The molecule has 0 aliphatic carbocycles. The molecule has 2 aromatic carbocycles. The number of carbonyl (C=O) groups is 2. The number of amides is 2. The lowest BCUT2D eigenvalue weighted by Crippen LogP contribution is -2.33. The van der Waals surface area contributed by atoms with E-state index in [1.54, 1.807) is 37.4 Å². The quantitative estimate of drug-likeness (QED) is 0.815. The summed E-state index contributed by atoms with van der Waals surface area (Å²) in [5, 5.41) is 5.29. The molecule has 0 saturated heterocycles. The van der Waals surface area contributed by atoms with Gasteiger partial charge in [0.2, 0.25) is 11.8 Å². The molecule has 2 N–H and O–H groups in total. The van der Waals surface area contributed by atoms with Crippen LogP contribution in [0.4, 0.5) is 5.69 Å². The third kappa shape index (κ3) is 5.01. The van der Waals surface area contributed by atoms with Gasteiger partial charge in [-0.3, -0.25) is 9.59 Å². The Hall–Kier alpha value is -3.02. The lowest BCUT2D eigenvalue weighted by Gasteiger charge is -2.10. The summed E-state index contributed by atoms with van der Waals surface area (Å²) >= 11 is 0. The molecule has 0 saturated carbocycles. The molecule has 0 radical (unpaired) electrons. The average Bonchev–Trinajstić information content (AvgIpc) is 2.61. The van der Waals surface area contributed by atoms with Crippen molar-refractivity contribution in [1.29, 1.82) is 0 Å². The Labute approximate surface area is 140 Å². The van der Waals surface area contributed by atoms with Crippen molar-refractivity contribution in [2.24, 2.45) is 0 Å². The zero-order valence-corrected chi connectivity index (χ0v) is 13.7. The molecule has 6 nitrogen and oxygen atoms in total. The molecule has 0 fully saturated rings. The lowest BCUT2D eigenvalue weighted by atomic mass is 10.1. The zero-order valence-electron chi connectivity index (χ0n) is 13.7. The van der Waals surface area contributed by atoms with Crippen molar-refractivity contribution in [3.63, 3.8) is 0 Å². The van der Waals surface area contributed by atoms with Crippen molar-refractivity contribution in [2.45, 2.75) is 6.42 Å². The number of nitrogens with one attached hydrogen (secondary N) is 2. The van der Waals surface area contributed by atoms with Crippen LogP contribution in [0.15, 0.2) is 48.5 Å². The summed E-state index contributed by atoms with van der Waals surface area (Å²) < 4.78 is 10.2. The molecular formula is C18H20N2O4. The molecule has 0 spiro atoms. The highest BCUT2D eigenvalue weighted by Crippen LogP contribution is 2.22. The van der Waals surface area contributed by atoms with Gasteiger partial charge in [-0.2, -0.15) is 0 Å². The number of para-hydroxylation sites is 2. The molecule has 2 aromatic rings. The maximum atomic E-state index is 11.9. The van der Waals surface area contributed by atoms with Crippen molar-refractivity contribution >= 4 is 17.5 Å². The topological polar surface area (TPSA) is 76.7 Å². The van der Waals surface area contributed by atoms with Gasteiger partial charge in [0.05, 0.1) is 32.9 Å². The van der Waals surface area contributed by atoms with Crippen LogP contribution in [0.25, 0.3) is 0 Å². The highest BCUT2D eigenvalue weighted by Gasteiger charge is 2.09. The van der Waals surface area contributed by atoms with Crippen LogP contribution in [-0.2, 0) is 16.0 Å². The van der Waals surface area contributed by atoms with Gasteiger partial charge in [0.15, 0.2) is 0 Å². The zero-order chi connectivity index (χ0) is 17.4. The number of hydrogen-bond acceptors (Lipinski definition) is 4. The van der Waals surface area contributed by atoms with Crippen LogP contribution in [-0.4, -0.2) is 32.6 Å². The van der Waals surface area contributed by atoms with Gasteiger partial charge in [0.25, 0.3) is 0 Å². The predicted octanol–water partition coefficient (Wildman–Crippen LogP) is 2.00. The van der Waals surface area contributed by atoms with Crippen LogP contribution in [0.1, 0.15) is 5.56 Å². The fraction of sp³-hybridized carbons (Fsp3) is 0.222. The van der Waals surface area contributed by atoms with Gasteiger partial charge in [-0.1, -0.05) is 24.3 Å². The highest BCUT2D eigenvalue weighted by atomic mass is 16.5. The first-order valence-electron chi connectivity index (χ1n) is 7.45. The second kappa shape index (κ2) is 8.57. The first-order chi connectivity index (χ1) is 11.6. The van der Waals surface area contributed by atoms with Crippen LogP contribution in [0.5, 0.6) is 11.5 Å². The maximum Gasteiger partial charge on any atom is 0.243 e. The highest BCUT2D eigenvalue weighted by molar-refractivity contribution is 5.95. The number of methoxy groups -OCH3 is 2. The van der Waals surface area contributed by atoms with E-state index in [2.05, 4.69) is 10.6 Å². The van der Waals surface area contributed by atoms with Crippen molar-refractivity contribution in [1.82, 2.24) is 5.32 Å². The Balaban J connectivity index is 1.81. The molecule has 0 aromatic heterocycles. The van der Waals surface area contributed by atoms with Crippen LogP contribution >= 0.6 is 0 Å². The van der Waals surface area contributed by atoms with E-state index < -0.39 is 0 Å². The molecule has 24 heavy (non-hydrogen) atoms. The largest absolute Gasteiger partial charge is 0.497 e. The number of hydrogen-bond donors (Lipinski definition) is 2. The Kier molecular flexibility index (Phi) is 6.19. The summed E-state index contributed by atoms with van der Waals surface area (Å²) in [6.07, 6.45) is 0.200. The van der Waals surface area contributed by atoms with Crippen molar-refractivity contribution in [3.05, 3.63) is 54.1 Å². The number of rotatable bonds is 7. The second-order valence-electron chi connectivity index (χ2n) is 5.05. The van der Waals surface area contributed by atoms with Crippen molar-refractivity contribution < 1.29 is 19.1 Å². The molecule has 0 heterocycles. The third-order valence-electron chi connectivity index (χ3n) is 3.35. The van der Waals surface area contributed by atoms with Crippen LogP contribution < -0.4 is 20.1 Å². The van der Waals surface area contributed by atoms with E-state index in [9.17, 15) is 9.59 Å². The third-order valence-corrected chi connectivity index (χ3v) is 3.35. The minimum atomic E-state index is -0.317. The predicted molar refractivity (Wildman–Crippen MR) is 91.3 cm³/mol. The Bertz CT molecular complexity index is 698. The van der Waals surface area contributed by atoms with Crippen LogP contribution in [0.2, 0.25) is 0 Å². The molecule has 0 unspecified atom stereocenters. The fourth-order valence-electron chi connectivity index (χ4n) is 2.11. The molecule has 0 aliphatic rings. The summed E-state index contributed by atoms with van der Waals surface area (Å²) in [7, 11) is 3.11. The van der Waals surface area contributed by atoms with Gasteiger partial charge in [-0.05, 0) is 29.8 Å². The number of benzene rings is 2. The molecule has 0 aliphatic heterocycles. The van der Waals surface area contributed by atoms with Gasteiger partial charge in [0.1, 0.15) is 11.5 Å². The molecule has 6 heteroatoms. The van der Waals surface area contributed by atoms with E-state index in [1.165, 1.54) is 7.11 Å². The summed E-state index contributed by atoms with van der Waals surface area (Å²) in [6.45, 7) is -0.104. The molecule has 0 atom stereocenters. The lowest BCUT2D eigenvalue weighted by molar-refractivity contribution is -0.123. The number of carbonyl (C=O) groups excluding carboxylic acids is 2. The molecular weight excluding hydrogens is 308 g/mol. The average molecular weight is 328 g/mol. The standard InChI is InChI=1S/C18H20N2O4/c1-23-14-9-7-13(8-10-14)11-17(21)19-12-18(22)20-15-5-3-4-6-16(15)24-2/h3-10H,11-12H2,1-2H3,(H,19,21)(H,20,22). The SMILES string of the molecule is COc1ccc(CC(=O)NCC(=O)Nc2ccccc2OC)cc1. The van der Waals surface area contributed by atoms with Crippen molar-refractivity contribution in [2.75, 3.05) is 26.1 Å². The van der Waals surface area contributed by atoms with Gasteiger partial charge in [-0.15, -0.1) is 0 Å². The van der Waals surface area contributed by atoms with E-state index >= 15 is 0 Å². The normalized spacial score (nSPS) is 9.92. The van der Waals surface area contributed by atoms with Gasteiger partial charge >= 0.3 is 0 Å². The smallest absolute Gasteiger partial charge is 0.243 e. The second-order valence-corrected chi connectivity index (χ2v) is 5.05. The Morgan fingerprint density at radius 1 is 0.917 bits per heavy atom. The molecule has 0 bridgehead atoms. The summed E-state index contributed by atoms with van der Waals surface area (Å²) in [4.78, 5) is 23.8. The fourth-order valence-corrected chi connectivity index (χ4v) is 2.11. The maximum absolute atomic E-state index is 11.9. The number of ether oxygens (including phenoxy) is 2. The summed E-state index contributed by atoms with van der Waals surface area (Å²) in [5.74, 6) is 0.753. The van der Waals surface area contributed by atoms with Gasteiger partial charge < -0.3 is 20.1 Å². The Morgan fingerprint density at radius 2 is 1.62 bits per heavy atom. The number of anilines is 1. The monoisotopic (exact) mass is 328 g/mol. The van der Waals surface area contributed by atoms with Crippen LogP contribution in [0, 0.1) is 0 Å². The van der Waals surface area contributed by atoms with Gasteiger partial charge in [-0.25, -0.2) is 0 Å². The Morgan fingerprint density at radius 3 is 2.29 bits per heavy atom. The molecule has 126 valence electrons. The molecule has 2 rings (SSSR count). The van der Waals surface area contributed by atoms with Crippen LogP contribution in [0.3, 0.4) is 0 Å². The summed E-state index contributed by atoms with van der Waals surface area (Å²) in [6, 6.07) is 14.3. The summed E-state index contributed by atoms with van der Waals surface area (Å²) in [5.41, 5.74) is 1.41. The van der Waals surface area contributed by atoms with E-state index in [0.29, 0.717) is 11.4 Å². The van der Waals surface area contributed by atoms with Crippen molar-refractivity contribution in [3.8, 4) is 11.5 Å². The van der Waals surface area contributed by atoms with E-state index in [-0.39, 0.29) is 24.8 Å². The first kappa shape index (κ1) is 17.3. The van der Waals surface area contributed by atoms with E-state index in [1.807, 2.05) is 18.2 Å². The molecule has 2 amide bonds.